The quantitative estimate of drug-likeness (QED) is 0.0329. The number of urea groups is 1. The number of aliphatic hydroxyl groups excluding tert-OH is 1. The minimum atomic E-state index is -1.10. The van der Waals surface area contributed by atoms with Gasteiger partial charge in [0.05, 0.1) is 77.0 Å². The van der Waals surface area contributed by atoms with Gasteiger partial charge in [0.2, 0.25) is 41.4 Å². The molecule has 26 heteroatoms. The summed E-state index contributed by atoms with van der Waals surface area (Å²) in [5, 5.41) is 27.6. The molecule has 1 saturated heterocycles. The molecule has 1 fully saturated rings. The van der Waals surface area contributed by atoms with Gasteiger partial charge in [-0.1, -0.05) is 125 Å². The number of hydrogen-bond acceptors (Lipinski definition) is 16. The largest absolute Gasteiger partial charge is 0.445 e. The van der Waals surface area contributed by atoms with Gasteiger partial charge in [0, 0.05) is 65.0 Å². The van der Waals surface area contributed by atoms with Gasteiger partial charge in [-0.15, -0.1) is 0 Å². The molecule has 548 valence electrons. The Morgan fingerprint density at radius 2 is 1.27 bits per heavy atom. The van der Waals surface area contributed by atoms with Crippen LogP contribution >= 0.6 is 0 Å². The van der Waals surface area contributed by atoms with E-state index in [-0.39, 0.29) is 81.7 Å². The highest BCUT2D eigenvalue weighted by molar-refractivity contribution is 5.98. The zero-order valence-electron chi connectivity index (χ0n) is 60.5. The summed E-state index contributed by atoms with van der Waals surface area (Å²) in [6.45, 7) is 26.2. The molecule has 0 saturated carbocycles. The highest BCUT2D eigenvalue weighted by atomic mass is 16.6. The highest BCUT2D eigenvalue weighted by Gasteiger charge is 2.42. The number of likely N-dealkylation sites (tertiary alicyclic amines) is 1. The number of anilines is 1. The van der Waals surface area contributed by atoms with Gasteiger partial charge >= 0.3 is 12.1 Å². The van der Waals surface area contributed by atoms with E-state index in [2.05, 4.69) is 45.7 Å². The third-order valence-corrected chi connectivity index (χ3v) is 17.6. The van der Waals surface area contributed by atoms with Gasteiger partial charge in [-0.2, -0.15) is 0 Å². The molecule has 0 aromatic heterocycles. The van der Waals surface area contributed by atoms with Crippen LogP contribution in [-0.2, 0) is 68.6 Å². The number of methoxy groups -OCH3 is 1. The second-order valence-electron chi connectivity index (χ2n) is 26.9. The molecule has 0 bridgehead atoms. The third kappa shape index (κ3) is 30.0. The standard InChI is InChI=1S/C71H118N10O16/c1-16-49(10)63(57(92-15)43-59(83)81-33-21-24-55(81)42-50(11)65(85)74-51(12)64(84)53-22-18-17-19-23-53)79(13)69(89)61(47(6)7)78-68(88)62(48(8)9)80(14)71(91)97-44-52-26-28-54(29-27-52)75-66(86)56(25-20-32-73-70(72)90)76-67(87)60(46(4)5)77-58(82)31-35-94-37-39-96-41-40-95-38-36-93-34-30-45(2)3/h17-19,22-23,26-29,45-51,55-57,60-64,84H,16,20-21,24-25,30-44H2,1-15H3,(H,74,85)(H,75,86)(H,76,87)(H,77,82)(H,78,88)(H3,72,73,90)/t49-,50+,51+,55-,56-,57+,60-,61-,62-,63-,64+/m0/s1. The number of carbonyl (C=O) groups excluding carboxylic acids is 9. The Balaban J connectivity index is 1.60. The normalized spacial score (nSPS) is 16.2. The second-order valence-corrected chi connectivity index (χ2v) is 26.9. The van der Waals surface area contributed by atoms with Gasteiger partial charge in [-0.05, 0) is 98.3 Å². The molecule has 11 atom stereocenters. The number of aliphatic hydroxyl groups is 1. The average molecular weight is 1370 g/mol. The maximum atomic E-state index is 14.8. The Morgan fingerprint density at radius 3 is 1.82 bits per heavy atom. The van der Waals surface area contributed by atoms with Gasteiger partial charge < -0.3 is 81.0 Å². The number of rotatable bonds is 46. The lowest BCUT2D eigenvalue weighted by molar-refractivity contribution is -0.146. The fourth-order valence-corrected chi connectivity index (χ4v) is 11.6. The van der Waals surface area contributed by atoms with Crippen LogP contribution in [0.2, 0.25) is 0 Å². The van der Waals surface area contributed by atoms with Crippen molar-refractivity contribution in [1.29, 1.82) is 0 Å². The maximum Gasteiger partial charge on any atom is 0.410 e. The van der Waals surface area contributed by atoms with Crippen LogP contribution < -0.4 is 37.6 Å². The minimum Gasteiger partial charge on any atom is -0.445 e. The number of benzene rings is 2. The zero-order valence-corrected chi connectivity index (χ0v) is 60.5. The molecule has 9 N–H and O–H groups in total. The van der Waals surface area contributed by atoms with Crippen LogP contribution in [0.5, 0.6) is 0 Å². The SMILES string of the molecule is CC[C@H](C)[C@@H]([C@@H](CC(=O)N1CCC[C@H]1C[C@@H](C)C(=O)N[C@H](C)[C@@H](O)c1ccccc1)OC)N(C)C(=O)[C@@H](NC(=O)[C@H](C(C)C)N(C)C(=O)OCc1ccc(NC(=O)[C@H](CCCNC(N)=O)NC(=O)[C@@H](NC(=O)CCOCCOCCOCCOCCC(C)C)C(C)C)cc1)C(C)C. The Morgan fingerprint density at radius 1 is 0.670 bits per heavy atom. The van der Waals surface area contributed by atoms with Crippen LogP contribution in [0, 0.1) is 35.5 Å². The molecule has 10 amide bonds. The number of nitrogens with zero attached hydrogens (tertiary/aromatic N) is 3. The summed E-state index contributed by atoms with van der Waals surface area (Å²) in [6, 6.07) is 9.31. The summed E-state index contributed by atoms with van der Waals surface area (Å²) in [6.07, 6.45) is 1.45. The number of hydrogen-bond donors (Lipinski definition) is 8. The molecular weight excluding hydrogens is 1250 g/mol. The first kappa shape index (κ1) is 84.3. The molecule has 0 unspecified atom stereocenters. The maximum absolute atomic E-state index is 14.8. The van der Waals surface area contributed by atoms with Gasteiger partial charge in [-0.3, -0.25) is 38.5 Å². The number of likely N-dealkylation sites (N-methyl/N-ethyl adjacent to an activating group) is 2. The van der Waals surface area contributed by atoms with Crippen molar-refractivity contribution in [3.63, 3.8) is 0 Å². The summed E-state index contributed by atoms with van der Waals surface area (Å²) < 4.78 is 33.9. The van der Waals surface area contributed by atoms with E-state index >= 15 is 0 Å². The Hall–Kier alpha value is -6.97. The average Bonchev–Trinajstić information content (AvgIpc) is 1.64. The zero-order chi connectivity index (χ0) is 72.3. The predicted octanol–water partition coefficient (Wildman–Crippen LogP) is 6.47. The molecule has 1 aliphatic heterocycles. The molecule has 2 aromatic rings. The van der Waals surface area contributed by atoms with Crippen molar-refractivity contribution < 1.29 is 76.7 Å². The van der Waals surface area contributed by atoms with Gasteiger partial charge in [-0.25, -0.2) is 9.59 Å². The number of nitrogens with two attached hydrogens (primary N) is 1. The molecular formula is C71H118N10O16. The fourth-order valence-electron chi connectivity index (χ4n) is 11.6. The van der Waals surface area contributed by atoms with Crippen molar-refractivity contribution in [3.05, 3.63) is 65.7 Å². The van der Waals surface area contributed by atoms with Gasteiger partial charge in [0.1, 0.15) is 30.8 Å². The van der Waals surface area contributed by atoms with Crippen LogP contribution in [0.1, 0.15) is 158 Å². The predicted molar refractivity (Wildman–Crippen MR) is 370 cm³/mol. The van der Waals surface area contributed by atoms with E-state index < -0.39 is 108 Å². The van der Waals surface area contributed by atoms with E-state index in [0.717, 1.165) is 19.3 Å². The smallest absolute Gasteiger partial charge is 0.410 e. The third-order valence-electron chi connectivity index (χ3n) is 17.6. The van der Waals surface area contributed by atoms with Crippen molar-refractivity contribution in [3.8, 4) is 0 Å². The summed E-state index contributed by atoms with van der Waals surface area (Å²) in [5.74, 6) is -4.14. The van der Waals surface area contributed by atoms with E-state index in [1.54, 1.807) is 70.8 Å². The van der Waals surface area contributed by atoms with Gasteiger partial charge in [0.25, 0.3) is 0 Å². The first-order valence-electron chi connectivity index (χ1n) is 34.7. The summed E-state index contributed by atoms with van der Waals surface area (Å²) in [5.41, 5.74) is 6.85. The number of carbonyl (C=O) groups is 9. The molecule has 1 aliphatic rings. The van der Waals surface area contributed by atoms with E-state index in [9.17, 15) is 48.3 Å². The Labute approximate surface area is 576 Å². The molecule has 3 rings (SSSR count). The van der Waals surface area contributed by atoms with Crippen LogP contribution in [0.15, 0.2) is 54.6 Å². The topological polar surface area (TPSA) is 337 Å². The van der Waals surface area contributed by atoms with E-state index in [1.807, 2.05) is 69.9 Å². The van der Waals surface area contributed by atoms with Gasteiger partial charge in [0.15, 0.2) is 0 Å². The van der Waals surface area contributed by atoms with Crippen LogP contribution in [0.4, 0.5) is 15.3 Å². The highest BCUT2D eigenvalue weighted by Crippen LogP contribution is 2.29. The number of ether oxygens (including phenoxy) is 6. The van der Waals surface area contributed by atoms with Crippen molar-refractivity contribution in [1.82, 2.24) is 41.3 Å². The molecule has 0 aliphatic carbocycles. The minimum absolute atomic E-state index is 0.0231. The lowest BCUT2D eigenvalue weighted by atomic mass is 9.89. The lowest BCUT2D eigenvalue weighted by Gasteiger charge is -2.40. The first-order chi connectivity index (χ1) is 46.0. The lowest BCUT2D eigenvalue weighted by Crippen LogP contribution is -2.60. The Bertz CT molecular complexity index is 2710. The van der Waals surface area contributed by atoms with E-state index in [4.69, 9.17) is 34.2 Å². The number of primary amides is 1. The van der Waals surface area contributed by atoms with Crippen LogP contribution in [-0.4, -0.2) is 209 Å². The summed E-state index contributed by atoms with van der Waals surface area (Å²) >= 11 is 0. The second kappa shape index (κ2) is 44.8. The molecule has 2 aromatic carbocycles. The van der Waals surface area contributed by atoms with Crippen LogP contribution in [0.3, 0.4) is 0 Å². The van der Waals surface area contributed by atoms with Crippen molar-refractivity contribution in [2.24, 2.45) is 41.2 Å². The van der Waals surface area contributed by atoms with E-state index in [0.29, 0.717) is 81.8 Å². The summed E-state index contributed by atoms with van der Waals surface area (Å²) in [7, 11) is 4.61. The molecule has 1 heterocycles. The Kier molecular flexibility index (Phi) is 39.0. The number of nitrogens with one attached hydrogen (secondary N) is 6. The van der Waals surface area contributed by atoms with Crippen molar-refractivity contribution in [2.45, 2.75) is 202 Å². The molecule has 0 spiro atoms. The monoisotopic (exact) mass is 1370 g/mol. The van der Waals surface area contributed by atoms with E-state index in [1.165, 1.54) is 19.1 Å². The first-order valence-corrected chi connectivity index (χ1v) is 34.7. The number of amides is 10. The summed E-state index contributed by atoms with van der Waals surface area (Å²) in [4.78, 5) is 127. The van der Waals surface area contributed by atoms with Crippen LogP contribution in [0.25, 0.3) is 0 Å². The molecule has 26 nitrogen and oxygen atoms in total. The van der Waals surface area contributed by atoms with Crippen molar-refractivity contribution >= 4 is 59.2 Å². The van der Waals surface area contributed by atoms with Crippen molar-refractivity contribution in [2.75, 3.05) is 92.5 Å². The fraction of sp³-hybridized carbons (Fsp3) is 0.704. The molecule has 0 radical (unpaired) electrons. The molecule has 97 heavy (non-hydrogen) atoms.